The zero-order chi connectivity index (χ0) is 10.6. The SMILES string of the molecule is COC1(C)CCN(CC(C)C#N)CC1. The molecule has 80 valence electrons. The largest absolute Gasteiger partial charge is 0.378 e. The molecule has 1 unspecified atom stereocenters. The molecule has 0 amide bonds. The van der Waals surface area contributed by atoms with E-state index in [4.69, 9.17) is 10.00 Å². The van der Waals surface area contributed by atoms with Gasteiger partial charge in [-0.2, -0.15) is 5.26 Å². The third-order valence-electron chi connectivity index (χ3n) is 3.16. The monoisotopic (exact) mass is 196 g/mol. The van der Waals surface area contributed by atoms with Gasteiger partial charge in [-0.1, -0.05) is 0 Å². The summed E-state index contributed by atoms with van der Waals surface area (Å²) in [6, 6.07) is 2.27. The Hall–Kier alpha value is -0.590. The molecular weight excluding hydrogens is 176 g/mol. The van der Waals surface area contributed by atoms with Gasteiger partial charge < -0.3 is 9.64 Å². The molecule has 1 rings (SSSR count). The molecule has 0 aromatic rings. The number of methoxy groups -OCH3 is 1. The first-order chi connectivity index (χ1) is 6.59. The standard InChI is InChI=1S/C11H20N2O/c1-10(8-12)9-13-6-4-11(2,14-3)5-7-13/h10H,4-7,9H2,1-3H3. The van der Waals surface area contributed by atoms with E-state index in [-0.39, 0.29) is 11.5 Å². The van der Waals surface area contributed by atoms with Gasteiger partial charge >= 0.3 is 0 Å². The topological polar surface area (TPSA) is 36.3 Å². The lowest BCUT2D eigenvalue weighted by atomic mass is 9.93. The highest BCUT2D eigenvalue weighted by Crippen LogP contribution is 2.25. The van der Waals surface area contributed by atoms with E-state index in [1.165, 1.54) is 0 Å². The van der Waals surface area contributed by atoms with Gasteiger partial charge in [0.2, 0.25) is 0 Å². The van der Waals surface area contributed by atoms with E-state index in [1.807, 2.05) is 6.92 Å². The molecule has 0 aromatic heterocycles. The Kier molecular flexibility index (Phi) is 3.91. The van der Waals surface area contributed by atoms with E-state index >= 15 is 0 Å². The summed E-state index contributed by atoms with van der Waals surface area (Å²) in [6.45, 7) is 7.14. The molecule has 0 radical (unpaired) electrons. The average Bonchev–Trinajstić information content (AvgIpc) is 2.21. The van der Waals surface area contributed by atoms with Crippen molar-refractivity contribution >= 4 is 0 Å². The summed E-state index contributed by atoms with van der Waals surface area (Å²) >= 11 is 0. The van der Waals surface area contributed by atoms with Gasteiger partial charge in [-0.15, -0.1) is 0 Å². The molecule has 1 fully saturated rings. The van der Waals surface area contributed by atoms with Crippen molar-refractivity contribution in [3.8, 4) is 6.07 Å². The molecule has 1 aliphatic heterocycles. The molecular formula is C11H20N2O. The molecule has 3 heteroatoms. The minimum atomic E-state index is 0.0619. The van der Waals surface area contributed by atoms with Gasteiger partial charge in [0.05, 0.1) is 17.6 Å². The van der Waals surface area contributed by atoms with Crippen LogP contribution in [0.2, 0.25) is 0 Å². The van der Waals surface area contributed by atoms with Gasteiger partial charge in [-0.3, -0.25) is 0 Å². The van der Waals surface area contributed by atoms with Gasteiger partial charge in [0.25, 0.3) is 0 Å². The number of nitriles is 1. The van der Waals surface area contributed by atoms with Gasteiger partial charge in [0.1, 0.15) is 0 Å². The van der Waals surface area contributed by atoms with E-state index in [9.17, 15) is 0 Å². The maximum absolute atomic E-state index is 8.71. The third-order valence-corrected chi connectivity index (χ3v) is 3.16. The predicted molar refractivity (Wildman–Crippen MR) is 55.9 cm³/mol. The van der Waals surface area contributed by atoms with Crippen molar-refractivity contribution < 1.29 is 4.74 Å². The molecule has 0 saturated carbocycles. The van der Waals surface area contributed by atoms with Crippen molar-refractivity contribution in [1.82, 2.24) is 4.90 Å². The van der Waals surface area contributed by atoms with Crippen molar-refractivity contribution in [1.29, 1.82) is 5.26 Å². The Balaban J connectivity index is 2.33. The van der Waals surface area contributed by atoms with Crippen LogP contribution in [0.5, 0.6) is 0 Å². The van der Waals surface area contributed by atoms with E-state index < -0.39 is 0 Å². The van der Waals surface area contributed by atoms with Crippen LogP contribution in [0.1, 0.15) is 26.7 Å². The lowest BCUT2D eigenvalue weighted by Crippen LogP contribution is -2.44. The first kappa shape index (κ1) is 11.5. The van der Waals surface area contributed by atoms with Gasteiger partial charge in [-0.25, -0.2) is 0 Å². The molecule has 0 spiro atoms. The van der Waals surface area contributed by atoms with E-state index in [0.29, 0.717) is 0 Å². The highest BCUT2D eigenvalue weighted by atomic mass is 16.5. The molecule has 0 N–H and O–H groups in total. The maximum Gasteiger partial charge on any atom is 0.0675 e. The summed E-state index contributed by atoms with van der Waals surface area (Å²) < 4.78 is 5.47. The summed E-state index contributed by atoms with van der Waals surface area (Å²) in [5, 5.41) is 8.71. The second kappa shape index (κ2) is 4.77. The second-order valence-corrected chi connectivity index (χ2v) is 4.48. The van der Waals surface area contributed by atoms with Gasteiger partial charge in [-0.05, 0) is 26.7 Å². The lowest BCUT2D eigenvalue weighted by molar-refractivity contribution is -0.0435. The van der Waals surface area contributed by atoms with Crippen LogP contribution in [-0.2, 0) is 4.74 Å². The van der Waals surface area contributed by atoms with Crippen molar-refractivity contribution in [2.45, 2.75) is 32.3 Å². The quantitative estimate of drug-likeness (QED) is 0.688. The first-order valence-electron chi connectivity index (χ1n) is 5.27. The van der Waals surface area contributed by atoms with E-state index in [2.05, 4.69) is 17.9 Å². The molecule has 1 aliphatic rings. The second-order valence-electron chi connectivity index (χ2n) is 4.48. The number of hydrogen-bond donors (Lipinski definition) is 0. The molecule has 1 saturated heterocycles. The third kappa shape index (κ3) is 2.97. The molecule has 14 heavy (non-hydrogen) atoms. The number of rotatable bonds is 3. The Morgan fingerprint density at radius 1 is 1.50 bits per heavy atom. The first-order valence-corrected chi connectivity index (χ1v) is 5.27. The molecule has 0 aliphatic carbocycles. The number of likely N-dealkylation sites (tertiary alicyclic amines) is 1. The fourth-order valence-electron chi connectivity index (χ4n) is 1.84. The van der Waals surface area contributed by atoms with Gasteiger partial charge in [0.15, 0.2) is 0 Å². The lowest BCUT2D eigenvalue weighted by Gasteiger charge is -2.38. The van der Waals surface area contributed by atoms with Crippen molar-refractivity contribution in [3.05, 3.63) is 0 Å². The minimum absolute atomic E-state index is 0.0619. The molecule has 0 aromatic carbocycles. The summed E-state index contributed by atoms with van der Waals surface area (Å²) in [5.74, 6) is 0.141. The number of piperidine rings is 1. The van der Waals surface area contributed by atoms with Crippen LogP contribution < -0.4 is 0 Å². The van der Waals surface area contributed by atoms with E-state index in [1.54, 1.807) is 7.11 Å². The fraction of sp³-hybridized carbons (Fsp3) is 0.909. The number of nitrogens with zero attached hydrogens (tertiary/aromatic N) is 2. The van der Waals surface area contributed by atoms with Crippen molar-refractivity contribution in [3.63, 3.8) is 0 Å². The summed E-state index contributed by atoms with van der Waals surface area (Å²) in [7, 11) is 1.79. The zero-order valence-electron chi connectivity index (χ0n) is 9.42. The van der Waals surface area contributed by atoms with Crippen LogP contribution in [0, 0.1) is 17.2 Å². The zero-order valence-corrected chi connectivity index (χ0v) is 9.42. The van der Waals surface area contributed by atoms with Crippen LogP contribution in [0.25, 0.3) is 0 Å². The van der Waals surface area contributed by atoms with Crippen LogP contribution >= 0.6 is 0 Å². The highest BCUT2D eigenvalue weighted by molar-refractivity contribution is 4.87. The average molecular weight is 196 g/mol. The smallest absolute Gasteiger partial charge is 0.0675 e. The highest BCUT2D eigenvalue weighted by Gasteiger charge is 2.29. The van der Waals surface area contributed by atoms with Crippen LogP contribution in [0.3, 0.4) is 0 Å². The Morgan fingerprint density at radius 3 is 2.50 bits per heavy atom. The van der Waals surface area contributed by atoms with Crippen molar-refractivity contribution in [2.24, 2.45) is 5.92 Å². The number of hydrogen-bond acceptors (Lipinski definition) is 3. The molecule has 1 heterocycles. The Bertz CT molecular complexity index is 214. The maximum atomic E-state index is 8.71. The van der Waals surface area contributed by atoms with Crippen LogP contribution in [0.15, 0.2) is 0 Å². The molecule has 0 bridgehead atoms. The Labute approximate surface area is 86.6 Å². The summed E-state index contributed by atoms with van der Waals surface area (Å²) in [5.41, 5.74) is 0.0619. The summed E-state index contributed by atoms with van der Waals surface area (Å²) in [6.07, 6.45) is 2.14. The van der Waals surface area contributed by atoms with Crippen LogP contribution in [0.4, 0.5) is 0 Å². The predicted octanol–water partition coefficient (Wildman–Crippen LogP) is 1.65. The van der Waals surface area contributed by atoms with Crippen LogP contribution in [-0.4, -0.2) is 37.2 Å². The molecule has 3 nitrogen and oxygen atoms in total. The molecule has 1 atom stereocenters. The minimum Gasteiger partial charge on any atom is -0.378 e. The van der Waals surface area contributed by atoms with E-state index in [0.717, 1.165) is 32.5 Å². The summed E-state index contributed by atoms with van der Waals surface area (Å²) in [4.78, 5) is 2.36. The number of ether oxygens (including phenoxy) is 1. The fourth-order valence-corrected chi connectivity index (χ4v) is 1.84. The Morgan fingerprint density at radius 2 is 2.07 bits per heavy atom. The normalized spacial score (nSPS) is 24.1. The van der Waals surface area contributed by atoms with Gasteiger partial charge in [0, 0.05) is 26.7 Å². The van der Waals surface area contributed by atoms with Crippen molar-refractivity contribution in [2.75, 3.05) is 26.7 Å².